The van der Waals surface area contributed by atoms with Gasteiger partial charge in [0.25, 0.3) is 5.69 Å². The van der Waals surface area contributed by atoms with Gasteiger partial charge >= 0.3 is 0 Å². The van der Waals surface area contributed by atoms with Gasteiger partial charge < -0.3 is 10.1 Å². The first-order valence-electron chi connectivity index (χ1n) is 7.74. The molecular formula is C16H19BrN4O4. The molecule has 9 heteroatoms. The van der Waals surface area contributed by atoms with Crippen molar-refractivity contribution < 1.29 is 14.5 Å². The van der Waals surface area contributed by atoms with E-state index >= 15 is 0 Å². The molecule has 0 aliphatic carbocycles. The van der Waals surface area contributed by atoms with E-state index in [2.05, 4.69) is 26.3 Å². The summed E-state index contributed by atoms with van der Waals surface area (Å²) in [4.78, 5) is 22.8. The minimum atomic E-state index is -0.545. The van der Waals surface area contributed by atoms with Crippen LogP contribution in [0.4, 0.5) is 11.4 Å². The molecule has 1 N–H and O–H groups in total. The maximum atomic E-state index is 12.2. The molecule has 25 heavy (non-hydrogen) atoms. The van der Waals surface area contributed by atoms with Gasteiger partial charge in [0.1, 0.15) is 11.4 Å². The molecule has 1 heterocycles. The number of halogens is 1. The molecule has 0 fully saturated rings. The molecule has 134 valence electrons. The van der Waals surface area contributed by atoms with Gasteiger partial charge in [-0.3, -0.25) is 19.6 Å². The summed E-state index contributed by atoms with van der Waals surface area (Å²) in [7, 11) is 0. The van der Waals surface area contributed by atoms with Crippen molar-refractivity contribution in [3.63, 3.8) is 0 Å². The molecule has 0 bridgehead atoms. The molecule has 0 aliphatic heterocycles. The van der Waals surface area contributed by atoms with E-state index in [9.17, 15) is 14.9 Å². The molecular weight excluding hydrogens is 392 g/mol. The van der Waals surface area contributed by atoms with E-state index in [1.807, 2.05) is 13.8 Å². The fourth-order valence-electron chi connectivity index (χ4n) is 2.34. The lowest BCUT2D eigenvalue weighted by atomic mass is 10.2. The lowest BCUT2D eigenvalue weighted by Crippen LogP contribution is -2.16. The zero-order valence-corrected chi connectivity index (χ0v) is 15.8. The highest BCUT2D eigenvalue weighted by atomic mass is 79.9. The van der Waals surface area contributed by atoms with Crippen molar-refractivity contribution in [1.82, 2.24) is 9.78 Å². The highest BCUT2D eigenvalue weighted by Crippen LogP contribution is 2.29. The number of carbonyl (C=O) groups is 1. The number of carbonyl (C=O) groups excluding carboxylic acids is 1. The van der Waals surface area contributed by atoms with Crippen molar-refractivity contribution >= 4 is 33.2 Å². The number of hydrogen-bond donors (Lipinski definition) is 1. The number of rotatable bonds is 7. The Hall–Kier alpha value is -2.42. The van der Waals surface area contributed by atoms with Crippen LogP contribution in [0.15, 0.2) is 22.7 Å². The Morgan fingerprint density at radius 1 is 1.44 bits per heavy atom. The average molecular weight is 411 g/mol. The van der Waals surface area contributed by atoms with Crippen LogP contribution in [-0.2, 0) is 11.3 Å². The van der Waals surface area contributed by atoms with Crippen LogP contribution in [0.25, 0.3) is 0 Å². The fourth-order valence-corrected chi connectivity index (χ4v) is 2.62. The number of aryl methyl sites for hydroxylation is 2. The van der Waals surface area contributed by atoms with E-state index in [4.69, 9.17) is 4.74 Å². The van der Waals surface area contributed by atoms with Gasteiger partial charge in [-0.25, -0.2) is 0 Å². The Bertz CT molecular complexity index is 804. The summed E-state index contributed by atoms with van der Waals surface area (Å²) in [6.45, 7) is 6.35. The van der Waals surface area contributed by atoms with E-state index in [1.54, 1.807) is 17.7 Å². The highest BCUT2D eigenvalue weighted by Gasteiger charge is 2.18. The van der Waals surface area contributed by atoms with Gasteiger partial charge in [0, 0.05) is 12.1 Å². The number of nitrogens with zero attached hydrogens (tertiary/aromatic N) is 3. The smallest absolute Gasteiger partial charge is 0.296 e. The molecule has 1 amide bonds. The average Bonchev–Trinajstić information content (AvgIpc) is 2.81. The van der Waals surface area contributed by atoms with Gasteiger partial charge in [0.2, 0.25) is 5.91 Å². The molecule has 1 aromatic carbocycles. The van der Waals surface area contributed by atoms with Gasteiger partial charge in [-0.2, -0.15) is 5.10 Å². The number of hydrogen-bond acceptors (Lipinski definition) is 5. The molecule has 0 atom stereocenters. The van der Waals surface area contributed by atoms with Crippen molar-refractivity contribution in [3.8, 4) is 5.75 Å². The first-order valence-corrected chi connectivity index (χ1v) is 8.53. The van der Waals surface area contributed by atoms with Crippen LogP contribution >= 0.6 is 15.9 Å². The maximum absolute atomic E-state index is 12.2. The topological polar surface area (TPSA) is 99.3 Å². The predicted octanol–water partition coefficient (Wildman–Crippen LogP) is 3.60. The lowest BCUT2D eigenvalue weighted by molar-refractivity contribution is -0.384. The molecule has 0 aliphatic rings. The molecule has 1 aromatic heterocycles. The molecule has 0 unspecified atom stereocenters. The largest absolute Gasteiger partial charge is 0.494 e. The number of aromatic nitrogens is 2. The Kier molecular flexibility index (Phi) is 6.13. The van der Waals surface area contributed by atoms with Crippen molar-refractivity contribution in [2.75, 3.05) is 11.9 Å². The van der Waals surface area contributed by atoms with E-state index in [0.717, 1.165) is 15.9 Å². The van der Waals surface area contributed by atoms with Crippen LogP contribution in [0.3, 0.4) is 0 Å². The SMILES string of the molecule is CCOc1ccc(NC(=O)CCn2nc(C)c(Br)c2C)c([N+](=O)[O-])c1. The zero-order chi connectivity index (χ0) is 18.6. The fraction of sp³-hybridized carbons (Fsp3) is 0.375. The summed E-state index contributed by atoms with van der Waals surface area (Å²) in [6.07, 6.45) is 0.152. The van der Waals surface area contributed by atoms with E-state index in [-0.39, 0.29) is 23.7 Å². The van der Waals surface area contributed by atoms with Crippen molar-refractivity contribution in [3.05, 3.63) is 44.2 Å². The van der Waals surface area contributed by atoms with Crippen LogP contribution in [0.2, 0.25) is 0 Å². The van der Waals surface area contributed by atoms with Gasteiger partial charge in [0.05, 0.1) is 34.3 Å². The van der Waals surface area contributed by atoms with Gasteiger partial charge in [0.15, 0.2) is 0 Å². The quantitative estimate of drug-likeness (QED) is 0.555. The Balaban J connectivity index is 2.07. The standard InChI is InChI=1S/C16H19BrN4O4/c1-4-25-12-5-6-13(14(9-12)21(23)24)18-15(22)7-8-20-11(3)16(17)10(2)19-20/h5-6,9H,4,7-8H2,1-3H3,(H,18,22). The third-order valence-electron chi connectivity index (χ3n) is 3.59. The molecule has 2 rings (SSSR count). The van der Waals surface area contributed by atoms with Crippen LogP contribution < -0.4 is 10.1 Å². The monoisotopic (exact) mass is 410 g/mol. The van der Waals surface area contributed by atoms with E-state index < -0.39 is 4.92 Å². The first-order chi connectivity index (χ1) is 11.8. The summed E-state index contributed by atoms with van der Waals surface area (Å²) in [5.74, 6) is 0.0654. The Morgan fingerprint density at radius 2 is 2.16 bits per heavy atom. The molecule has 0 saturated heterocycles. The maximum Gasteiger partial charge on any atom is 0.296 e. The summed E-state index contributed by atoms with van der Waals surface area (Å²) in [6, 6.07) is 4.36. The van der Waals surface area contributed by atoms with Gasteiger partial charge in [-0.05, 0) is 48.8 Å². The second-order valence-corrected chi connectivity index (χ2v) is 6.17. The summed E-state index contributed by atoms with van der Waals surface area (Å²) in [5.41, 5.74) is 1.72. The highest BCUT2D eigenvalue weighted by molar-refractivity contribution is 9.10. The van der Waals surface area contributed by atoms with Crippen LogP contribution in [0.5, 0.6) is 5.75 Å². The number of amides is 1. The number of nitro benzene ring substituents is 1. The van der Waals surface area contributed by atoms with Gasteiger partial charge in [-0.15, -0.1) is 0 Å². The zero-order valence-electron chi connectivity index (χ0n) is 14.2. The van der Waals surface area contributed by atoms with Crippen LogP contribution in [-0.4, -0.2) is 27.2 Å². The normalized spacial score (nSPS) is 10.6. The summed E-state index contributed by atoms with van der Waals surface area (Å²) in [5, 5.41) is 18.1. The number of nitrogens with one attached hydrogen (secondary N) is 1. The minimum absolute atomic E-state index is 0.146. The third kappa shape index (κ3) is 4.56. The lowest BCUT2D eigenvalue weighted by Gasteiger charge is -2.09. The van der Waals surface area contributed by atoms with E-state index in [1.165, 1.54) is 12.1 Å². The predicted molar refractivity (Wildman–Crippen MR) is 96.9 cm³/mol. The van der Waals surface area contributed by atoms with Crippen molar-refractivity contribution in [2.45, 2.75) is 33.7 Å². The van der Waals surface area contributed by atoms with Crippen LogP contribution in [0, 0.1) is 24.0 Å². The summed E-state index contributed by atoms with van der Waals surface area (Å²) < 4.78 is 7.90. The Labute approximate surface area is 153 Å². The molecule has 0 saturated carbocycles. The molecule has 0 radical (unpaired) electrons. The molecule has 8 nitrogen and oxygen atoms in total. The number of nitro groups is 1. The number of anilines is 1. The summed E-state index contributed by atoms with van der Waals surface area (Å²) >= 11 is 3.43. The van der Waals surface area contributed by atoms with Gasteiger partial charge in [-0.1, -0.05) is 0 Å². The van der Waals surface area contributed by atoms with Crippen LogP contribution in [0.1, 0.15) is 24.7 Å². The Morgan fingerprint density at radius 3 is 2.72 bits per heavy atom. The number of ether oxygens (including phenoxy) is 1. The number of benzene rings is 1. The second kappa shape index (κ2) is 8.11. The molecule has 0 spiro atoms. The molecule has 2 aromatic rings. The minimum Gasteiger partial charge on any atom is -0.494 e. The van der Waals surface area contributed by atoms with Crippen molar-refractivity contribution in [2.24, 2.45) is 0 Å². The van der Waals surface area contributed by atoms with Crippen molar-refractivity contribution in [1.29, 1.82) is 0 Å². The second-order valence-electron chi connectivity index (χ2n) is 5.38. The first kappa shape index (κ1) is 18.9. The third-order valence-corrected chi connectivity index (χ3v) is 4.74. The van der Waals surface area contributed by atoms with E-state index in [0.29, 0.717) is 18.9 Å².